The van der Waals surface area contributed by atoms with Gasteiger partial charge in [0.1, 0.15) is 12.4 Å². The Morgan fingerprint density at radius 1 is 1.12 bits per heavy atom. The van der Waals surface area contributed by atoms with E-state index in [1.165, 1.54) is 12.1 Å². The molecule has 3 aromatic rings. The van der Waals surface area contributed by atoms with E-state index in [0.717, 1.165) is 29.1 Å². The van der Waals surface area contributed by atoms with Gasteiger partial charge in [-0.1, -0.05) is 24.3 Å². The van der Waals surface area contributed by atoms with Gasteiger partial charge < -0.3 is 15.1 Å². The number of carbonyl (C=O) groups is 2. The van der Waals surface area contributed by atoms with E-state index in [4.69, 9.17) is 4.98 Å². The zero-order valence-corrected chi connectivity index (χ0v) is 18.4. The molecule has 3 heterocycles. The Bertz CT molecular complexity index is 1230. The number of hydrogen-bond donors (Lipinski definition) is 1. The summed E-state index contributed by atoms with van der Waals surface area (Å²) < 4.78 is 13.5. The Morgan fingerprint density at radius 3 is 2.79 bits per heavy atom. The highest BCUT2D eigenvalue weighted by molar-refractivity contribution is 6.00. The third-order valence-electron chi connectivity index (χ3n) is 6.27. The fourth-order valence-corrected chi connectivity index (χ4v) is 4.64. The van der Waals surface area contributed by atoms with Gasteiger partial charge in [-0.3, -0.25) is 14.6 Å². The quantitative estimate of drug-likeness (QED) is 0.639. The number of nitrogens with zero attached hydrogens (tertiary/aromatic N) is 3. The molecule has 0 saturated carbocycles. The Morgan fingerprint density at radius 2 is 1.97 bits per heavy atom. The molecular formula is C26H25FN4O2. The van der Waals surface area contributed by atoms with Crippen LogP contribution >= 0.6 is 0 Å². The van der Waals surface area contributed by atoms with E-state index in [1.54, 1.807) is 11.0 Å². The minimum atomic E-state index is -0.296. The van der Waals surface area contributed by atoms with Crippen molar-refractivity contribution in [1.82, 2.24) is 14.8 Å². The van der Waals surface area contributed by atoms with Crippen LogP contribution in [0, 0.1) is 12.7 Å². The number of carbonyl (C=O) groups excluding carboxylic acids is 2. The highest BCUT2D eigenvalue weighted by Gasteiger charge is 2.33. The molecule has 2 aliphatic rings. The molecule has 6 nitrogen and oxygen atoms in total. The number of aromatic nitrogens is 1. The number of benzene rings is 2. The van der Waals surface area contributed by atoms with Crippen molar-refractivity contribution < 1.29 is 14.0 Å². The van der Waals surface area contributed by atoms with E-state index >= 15 is 0 Å². The number of likely N-dealkylation sites (tertiary alicyclic amines) is 1. The molecular weight excluding hydrogens is 419 g/mol. The molecule has 0 spiro atoms. The molecule has 1 saturated heterocycles. The van der Waals surface area contributed by atoms with E-state index in [9.17, 15) is 14.0 Å². The van der Waals surface area contributed by atoms with Gasteiger partial charge in [0.05, 0.1) is 0 Å². The smallest absolute Gasteiger partial charge is 0.254 e. The van der Waals surface area contributed by atoms with E-state index < -0.39 is 0 Å². The van der Waals surface area contributed by atoms with Crippen molar-refractivity contribution in [2.45, 2.75) is 25.8 Å². The van der Waals surface area contributed by atoms with Crippen molar-refractivity contribution in [3.8, 4) is 0 Å². The van der Waals surface area contributed by atoms with Gasteiger partial charge in [-0.2, -0.15) is 0 Å². The van der Waals surface area contributed by atoms with Crippen LogP contribution in [0.25, 0.3) is 0 Å². The highest BCUT2D eigenvalue weighted by Crippen LogP contribution is 2.30. The molecule has 1 N–H and O–H groups in total. The van der Waals surface area contributed by atoms with Crippen molar-refractivity contribution in [2.24, 2.45) is 0 Å². The molecule has 1 aromatic heterocycles. The number of anilines is 2. The molecule has 0 radical (unpaired) electrons. The van der Waals surface area contributed by atoms with Crippen LogP contribution in [0.3, 0.4) is 0 Å². The summed E-state index contributed by atoms with van der Waals surface area (Å²) in [7, 11) is 0. The molecule has 1 atom stereocenters. The Labute approximate surface area is 192 Å². The van der Waals surface area contributed by atoms with Gasteiger partial charge in [0.15, 0.2) is 0 Å². The predicted molar refractivity (Wildman–Crippen MR) is 124 cm³/mol. The van der Waals surface area contributed by atoms with Gasteiger partial charge in [0.2, 0.25) is 5.91 Å². The van der Waals surface area contributed by atoms with Crippen molar-refractivity contribution in [1.29, 1.82) is 0 Å². The molecule has 2 aliphatic heterocycles. The number of aryl methyl sites for hydroxylation is 1. The van der Waals surface area contributed by atoms with Crippen molar-refractivity contribution in [2.75, 3.05) is 25.0 Å². The van der Waals surface area contributed by atoms with Crippen LogP contribution in [0.15, 0.2) is 60.7 Å². The third kappa shape index (κ3) is 4.44. The molecule has 0 aliphatic carbocycles. The first kappa shape index (κ1) is 21.1. The number of hydrogen-bond acceptors (Lipinski definition) is 4. The third-order valence-corrected chi connectivity index (χ3v) is 6.27. The average Bonchev–Trinajstić information content (AvgIpc) is 3.39. The van der Waals surface area contributed by atoms with Crippen LogP contribution in [0.2, 0.25) is 0 Å². The Hall–Kier alpha value is -3.74. The molecule has 1 unspecified atom stereocenters. The Kier molecular flexibility index (Phi) is 5.54. The van der Waals surface area contributed by atoms with Crippen molar-refractivity contribution in [3.63, 3.8) is 0 Å². The monoisotopic (exact) mass is 444 g/mol. The number of pyridine rings is 1. The summed E-state index contributed by atoms with van der Waals surface area (Å²) >= 11 is 0. The maximum Gasteiger partial charge on any atom is 0.254 e. The minimum absolute atomic E-state index is 0.0376. The molecule has 33 heavy (non-hydrogen) atoms. The van der Waals surface area contributed by atoms with E-state index in [0.29, 0.717) is 30.9 Å². The Balaban J connectivity index is 1.24. The van der Waals surface area contributed by atoms with E-state index in [-0.39, 0.29) is 30.1 Å². The summed E-state index contributed by atoms with van der Waals surface area (Å²) in [6.45, 7) is 3.71. The summed E-state index contributed by atoms with van der Waals surface area (Å²) in [6.07, 6.45) is 0.815. The van der Waals surface area contributed by atoms with Crippen molar-refractivity contribution >= 4 is 23.2 Å². The lowest BCUT2D eigenvalue weighted by atomic mass is 10.0. The number of halogens is 1. The summed E-state index contributed by atoms with van der Waals surface area (Å²) in [4.78, 5) is 33.7. The zero-order valence-electron chi connectivity index (χ0n) is 18.4. The molecule has 168 valence electrons. The summed E-state index contributed by atoms with van der Waals surface area (Å²) in [6, 6.07) is 17.7. The fourth-order valence-electron chi connectivity index (χ4n) is 4.64. The van der Waals surface area contributed by atoms with Gasteiger partial charge in [-0.05, 0) is 55.3 Å². The molecule has 2 amide bonds. The van der Waals surface area contributed by atoms with Gasteiger partial charge in [0, 0.05) is 53.9 Å². The molecule has 7 heteroatoms. The molecule has 2 aromatic carbocycles. The summed E-state index contributed by atoms with van der Waals surface area (Å²) in [5.41, 5.74) is 4.94. The van der Waals surface area contributed by atoms with Gasteiger partial charge in [-0.25, -0.2) is 4.39 Å². The van der Waals surface area contributed by atoms with Crippen LogP contribution in [-0.4, -0.2) is 46.2 Å². The second-order valence-corrected chi connectivity index (χ2v) is 8.70. The number of rotatable bonds is 5. The maximum atomic E-state index is 13.5. The fraction of sp³-hybridized carbons (Fsp3) is 0.269. The normalized spacial score (nSPS) is 17.4. The molecule has 5 rings (SSSR count). The second kappa shape index (κ2) is 8.65. The summed E-state index contributed by atoms with van der Waals surface area (Å²) in [5.74, 6) is -0.295. The standard InChI is InChI=1S/C26H25FN4O2/c1-17-11-22(29-21-7-4-6-20(27)12-21)13-24(28-17)19-9-10-30(15-19)25(32)16-31-14-18-5-2-3-8-23(18)26(31)33/h2-8,11-13,19H,9-10,14-16H2,1H3,(H,28,29). The number of nitrogens with one attached hydrogen (secondary N) is 1. The SMILES string of the molecule is Cc1cc(Nc2cccc(F)c2)cc(C2CCN(C(=O)CN3Cc4ccccc4C3=O)C2)n1. The van der Waals surface area contributed by atoms with Crippen LogP contribution in [0.4, 0.5) is 15.8 Å². The number of amides is 2. The zero-order chi connectivity index (χ0) is 22.9. The molecule has 0 bridgehead atoms. The first-order chi connectivity index (χ1) is 16.0. The summed E-state index contributed by atoms with van der Waals surface area (Å²) in [5, 5.41) is 3.24. The van der Waals surface area contributed by atoms with Crippen LogP contribution in [0.1, 0.15) is 39.6 Å². The van der Waals surface area contributed by atoms with Crippen LogP contribution in [-0.2, 0) is 11.3 Å². The maximum absolute atomic E-state index is 13.5. The van der Waals surface area contributed by atoms with Gasteiger partial charge in [0.25, 0.3) is 5.91 Å². The van der Waals surface area contributed by atoms with Crippen molar-refractivity contribution in [3.05, 3.63) is 89.0 Å². The highest BCUT2D eigenvalue weighted by atomic mass is 19.1. The van der Waals surface area contributed by atoms with E-state index in [1.807, 2.05) is 54.3 Å². The van der Waals surface area contributed by atoms with E-state index in [2.05, 4.69) is 5.32 Å². The lowest BCUT2D eigenvalue weighted by molar-refractivity contribution is -0.130. The average molecular weight is 445 g/mol. The van der Waals surface area contributed by atoms with Gasteiger partial charge >= 0.3 is 0 Å². The lowest BCUT2D eigenvalue weighted by Crippen LogP contribution is -2.39. The first-order valence-corrected chi connectivity index (χ1v) is 11.1. The topological polar surface area (TPSA) is 65.5 Å². The molecule has 1 fully saturated rings. The minimum Gasteiger partial charge on any atom is -0.355 e. The largest absolute Gasteiger partial charge is 0.355 e. The lowest BCUT2D eigenvalue weighted by Gasteiger charge is -2.21. The second-order valence-electron chi connectivity index (χ2n) is 8.70. The number of fused-ring (bicyclic) bond motifs is 1. The van der Waals surface area contributed by atoms with Crippen LogP contribution in [0.5, 0.6) is 0 Å². The van der Waals surface area contributed by atoms with Crippen LogP contribution < -0.4 is 5.32 Å². The van der Waals surface area contributed by atoms with Gasteiger partial charge in [-0.15, -0.1) is 0 Å². The predicted octanol–water partition coefficient (Wildman–Crippen LogP) is 4.24. The first-order valence-electron chi connectivity index (χ1n) is 11.1.